The highest BCUT2D eigenvalue weighted by Gasteiger charge is 2.42. The molecule has 2 nitrogen and oxygen atoms in total. The lowest BCUT2D eigenvalue weighted by Gasteiger charge is -2.49. The summed E-state index contributed by atoms with van der Waals surface area (Å²) in [5.74, 6) is 0. The Labute approximate surface area is 200 Å². The monoisotopic (exact) mass is 458 g/mol. The van der Waals surface area contributed by atoms with Crippen LogP contribution in [0.3, 0.4) is 0 Å². The molecule has 0 N–H and O–H groups in total. The Kier molecular flexibility index (Phi) is 4.33. The summed E-state index contributed by atoms with van der Waals surface area (Å²) in [4.78, 5) is 8.60. The maximum atomic E-state index is 4.96. The van der Waals surface area contributed by atoms with E-state index in [-0.39, 0.29) is 10.8 Å². The van der Waals surface area contributed by atoms with E-state index in [1.54, 1.807) is 16.9 Å². The molecule has 0 fully saturated rings. The highest BCUT2D eigenvalue weighted by molar-refractivity contribution is 7.80. The molecule has 0 atom stereocenters. The Hall–Kier alpha value is -2.04. The van der Waals surface area contributed by atoms with E-state index in [1.807, 2.05) is 6.07 Å². The lowest BCUT2D eigenvalue weighted by atomic mass is 9.66. The van der Waals surface area contributed by atoms with Crippen molar-refractivity contribution in [1.82, 2.24) is 4.98 Å². The molecular formula is C28H30N2S2. The predicted octanol–water partition coefficient (Wildman–Crippen LogP) is 7.41. The van der Waals surface area contributed by atoms with E-state index in [4.69, 9.17) is 4.98 Å². The number of thiazole rings is 1. The minimum Gasteiger partial charge on any atom is -0.371 e. The summed E-state index contributed by atoms with van der Waals surface area (Å²) in [6.45, 7) is 16.6. The summed E-state index contributed by atoms with van der Waals surface area (Å²) in [5, 5.41) is 1.07. The first-order valence-electron chi connectivity index (χ1n) is 11.6. The van der Waals surface area contributed by atoms with Gasteiger partial charge in [0.15, 0.2) is 0 Å². The van der Waals surface area contributed by atoms with Crippen molar-refractivity contribution < 1.29 is 0 Å². The van der Waals surface area contributed by atoms with Crippen LogP contribution < -0.4 is 4.90 Å². The predicted molar refractivity (Wildman–Crippen MR) is 142 cm³/mol. The largest absolute Gasteiger partial charge is 0.371 e. The van der Waals surface area contributed by atoms with E-state index in [1.165, 1.54) is 64.2 Å². The van der Waals surface area contributed by atoms with Crippen LogP contribution in [0.25, 0.3) is 21.9 Å². The fraction of sp³-hybridized carbons (Fsp3) is 0.393. The molecule has 6 rings (SSSR count). The van der Waals surface area contributed by atoms with E-state index in [9.17, 15) is 0 Å². The van der Waals surface area contributed by atoms with Gasteiger partial charge in [0.05, 0.1) is 10.2 Å². The third kappa shape index (κ3) is 2.95. The molecule has 1 aromatic heterocycles. The van der Waals surface area contributed by atoms with Crippen LogP contribution in [-0.2, 0) is 17.3 Å². The van der Waals surface area contributed by atoms with Crippen LogP contribution in [0.1, 0.15) is 67.8 Å². The highest BCUT2D eigenvalue weighted by Crippen LogP contribution is 2.53. The number of aromatic nitrogens is 1. The van der Waals surface area contributed by atoms with Gasteiger partial charge in [0.2, 0.25) is 0 Å². The fourth-order valence-electron chi connectivity index (χ4n) is 5.86. The molecule has 0 saturated carbocycles. The van der Waals surface area contributed by atoms with Crippen molar-refractivity contribution in [3.8, 4) is 0 Å². The zero-order valence-corrected chi connectivity index (χ0v) is 21.1. The second kappa shape index (κ2) is 6.74. The molecule has 4 heteroatoms. The molecule has 3 heterocycles. The van der Waals surface area contributed by atoms with Crippen molar-refractivity contribution >= 4 is 51.5 Å². The maximum absolute atomic E-state index is 4.96. The third-order valence-corrected chi connectivity index (χ3v) is 9.18. The minimum atomic E-state index is 0.184. The summed E-state index contributed by atoms with van der Waals surface area (Å²) < 4.78 is 1.19. The van der Waals surface area contributed by atoms with Crippen LogP contribution in [0.2, 0.25) is 0 Å². The molecule has 0 radical (unpaired) electrons. The SMILES string of the molecule is C=C1Cc2c(cc3c4c2C(C)(C)CCN4CCC3(C)C)C=C1c1nc2ccc(S)cc2s1. The smallest absolute Gasteiger partial charge is 0.124 e. The van der Waals surface area contributed by atoms with Gasteiger partial charge in [-0.25, -0.2) is 4.98 Å². The molecule has 164 valence electrons. The van der Waals surface area contributed by atoms with Gasteiger partial charge < -0.3 is 4.90 Å². The highest BCUT2D eigenvalue weighted by atomic mass is 32.1. The number of rotatable bonds is 1. The second-order valence-electron chi connectivity index (χ2n) is 11.0. The van der Waals surface area contributed by atoms with Gasteiger partial charge in [0.1, 0.15) is 5.01 Å². The molecule has 32 heavy (non-hydrogen) atoms. The number of hydrogen-bond donors (Lipinski definition) is 1. The third-order valence-electron chi connectivity index (χ3n) is 7.85. The summed E-state index contributed by atoms with van der Waals surface area (Å²) in [6.07, 6.45) is 5.71. The van der Waals surface area contributed by atoms with Crippen LogP contribution in [0, 0.1) is 0 Å². The quantitative estimate of drug-likeness (QED) is 0.382. The molecule has 3 aromatic rings. The number of nitrogens with zero attached hydrogens (tertiary/aromatic N) is 2. The maximum Gasteiger partial charge on any atom is 0.124 e. The Bertz CT molecular complexity index is 1340. The first kappa shape index (κ1) is 20.6. The number of anilines is 1. The van der Waals surface area contributed by atoms with Gasteiger partial charge in [-0.2, -0.15) is 0 Å². The van der Waals surface area contributed by atoms with Gasteiger partial charge in [0.25, 0.3) is 0 Å². The van der Waals surface area contributed by atoms with Crippen molar-refractivity contribution in [2.24, 2.45) is 0 Å². The molecule has 2 aromatic carbocycles. The van der Waals surface area contributed by atoms with Crippen molar-refractivity contribution in [3.05, 3.63) is 63.7 Å². The number of hydrogen-bond acceptors (Lipinski definition) is 4. The average Bonchev–Trinajstić information content (AvgIpc) is 3.14. The topological polar surface area (TPSA) is 16.1 Å². The normalized spacial score (nSPS) is 20.7. The number of thiol groups is 1. The van der Waals surface area contributed by atoms with Crippen LogP contribution in [0.5, 0.6) is 0 Å². The van der Waals surface area contributed by atoms with Crippen LogP contribution in [0.15, 0.2) is 41.3 Å². The molecule has 2 aliphatic heterocycles. The van der Waals surface area contributed by atoms with Crippen LogP contribution >= 0.6 is 24.0 Å². The number of benzene rings is 2. The Morgan fingerprint density at radius 3 is 2.59 bits per heavy atom. The Balaban J connectivity index is 1.59. The van der Waals surface area contributed by atoms with Crippen molar-refractivity contribution in [3.63, 3.8) is 0 Å². The van der Waals surface area contributed by atoms with Gasteiger partial charge >= 0.3 is 0 Å². The summed E-state index contributed by atoms with van der Waals surface area (Å²) >= 11 is 6.26. The first-order valence-corrected chi connectivity index (χ1v) is 12.9. The summed E-state index contributed by atoms with van der Waals surface area (Å²) in [6, 6.07) is 8.69. The van der Waals surface area contributed by atoms with Crippen molar-refractivity contribution in [2.75, 3.05) is 18.0 Å². The second-order valence-corrected chi connectivity index (χ2v) is 12.5. The summed E-state index contributed by atoms with van der Waals surface area (Å²) in [7, 11) is 0. The molecule has 0 spiro atoms. The van der Waals surface area contributed by atoms with E-state index >= 15 is 0 Å². The summed E-state index contributed by atoms with van der Waals surface area (Å²) in [5.41, 5.74) is 11.3. The van der Waals surface area contributed by atoms with Gasteiger partial charge in [-0.15, -0.1) is 24.0 Å². The molecule has 1 aliphatic carbocycles. The lowest BCUT2D eigenvalue weighted by molar-refractivity contribution is 0.399. The number of fused-ring (bicyclic) bond motifs is 3. The van der Waals surface area contributed by atoms with Crippen molar-refractivity contribution in [1.29, 1.82) is 0 Å². The molecule has 0 saturated heterocycles. The van der Waals surface area contributed by atoms with Crippen molar-refractivity contribution in [2.45, 2.75) is 62.7 Å². The zero-order valence-electron chi connectivity index (χ0n) is 19.4. The van der Waals surface area contributed by atoms with E-state index < -0.39 is 0 Å². The Morgan fingerprint density at radius 2 is 1.81 bits per heavy atom. The van der Waals surface area contributed by atoms with Gasteiger partial charge in [0, 0.05) is 29.2 Å². The molecular weight excluding hydrogens is 428 g/mol. The standard InChI is InChI=1S/C28H30N2S2/c1-16-12-20-17(13-19(16)26-29-22-7-6-18(31)15-23(22)32-26)14-21-25-24(20)28(4,5)9-11-30(25)10-8-27(21,2)3/h6-7,13-15,31H,1,8-12H2,2-5H3. The molecule has 3 aliphatic rings. The molecule has 0 amide bonds. The minimum absolute atomic E-state index is 0.184. The first-order chi connectivity index (χ1) is 15.1. The van der Waals surface area contributed by atoms with Gasteiger partial charge in [-0.05, 0) is 88.3 Å². The van der Waals surface area contributed by atoms with Gasteiger partial charge in [-0.1, -0.05) is 34.3 Å². The van der Waals surface area contributed by atoms with Crippen LogP contribution in [0.4, 0.5) is 5.69 Å². The fourth-order valence-corrected chi connectivity index (χ4v) is 7.22. The van der Waals surface area contributed by atoms with E-state index in [2.05, 4.69) is 76.1 Å². The molecule has 0 bridgehead atoms. The average molecular weight is 459 g/mol. The van der Waals surface area contributed by atoms with E-state index in [0.29, 0.717) is 0 Å². The van der Waals surface area contributed by atoms with Crippen LogP contribution in [-0.4, -0.2) is 18.1 Å². The molecule has 0 unspecified atom stereocenters. The zero-order chi connectivity index (χ0) is 22.4. The Morgan fingerprint density at radius 1 is 1.06 bits per heavy atom. The lowest BCUT2D eigenvalue weighted by Crippen LogP contribution is -2.45. The van der Waals surface area contributed by atoms with Gasteiger partial charge in [-0.3, -0.25) is 0 Å². The van der Waals surface area contributed by atoms with E-state index in [0.717, 1.165) is 21.8 Å². The number of allylic oxidation sites excluding steroid dienone is 2.